The standard InChI is InChI=1S/C14H15ClN2O3/c1-9(2)17-11(7-13(16-17)14(18)19)8-20-12-5-3-4-10(15)6-12/h3-7,9H,8H2,1-2H3,(H,18,19). The Hall–Kier alpha value is -2.01. The number of benzene rings is 1. The van der Waals surface area contributed by atoms with Crippen LogP contribution in [0.5, 0.6) is 5.75 Å². The highest BCUT2D eigenvalue weighted by atomic mass is 35.5. The van der Waals surface area contributed by atoms with Gasteiger partial charge in [0.15, 0.2) is 5.69 Å². The van der Waals surface area contributed by atoms with Gasteiger partial charge in [0.1, 0.15) is 12.4 Å². The number of aromatic nitrogens is 2. The van der Waals surface area contributed by atoms with E-state index >= 15 is 0 Å². The molecule has 1 heterocycles. The minimum atomic E-state index is -1.05. The van der Waals surface area contributed by atoms with Gasteiger partial charge in [-0.2, -0.15) is 5.10 Å². The molecule has 0 saturated heterocycles. The van der Waals surface area contributed by atoms with Gasteiger partial charge in [-0.3, -0.25) is 4.68 Å². The summed E-state index contributed by atoms with van der Waals surface area (Å²) >= 11 is 5.88. The molecule has 2 rings (SSSR count). The molecule has 0 fully saturated rings. The fourth-order valence-corrected chi connectivity index (χ4v) is 1.99. The van der Waals surface area contributed by atoms with Crippen LogP contribution in [-0.4, -0.2) is 20.9 Å². The Kier molecular flexibility index (Phi) is 4.29. The quantitative estimate of drug-likeness (QED) is 0.918. The first-order valence-electron chi connectivity index (χ1n) is 6.17. The predicted octanol–water partition coefficient (Wildman–Crippen LogP) is 3.39. The van der Waals surface area contributed by atoms with E-state index in [2.05, 4.69) is 5.10 Å². The second kappa shape index (κ2) is 5.96. The van der Waals surface area contributed by atoms with E-state index in [4.69, 9.17) is 21.4 Å². The topological polar surface area (TPSA) is 64.4 Å². The Morgan fingerprint density at radius 2 is 2.20 bits per heavy atom. The van der Waals surface area contributed by atoms with Crippen LogP contribution in [0.3, 0.4) is 0 Å². The highest BCUT2D eigenvalue weighted by molar-refractivity contribution is 6.30. The summed E-state index contributed by atoms with van der Waals surface area (Å²) in [4.78, 5) is 11.0. The van der Waals surface area contributed by atoms with Crippen LogP contribution >= 0.6 is 11.6 Å². The van der Waals surface area contributed by atoms with Crippen molar-refractivity contribution in [2.24, 2.45) is 0 Å². The Morgan fingerprint density at radius 3 is 2.80 bits per heavy atom. The smallest absolute Gasteiger partial charge is 0.356 e. The van der Waals surface area contributed by atoms with Crippen LogP contribution in [0.1, 0.15) is 36.1 Å². The van der Waals surface area contributed by atoms with E-state index in [1.54, 1.807) is 28.9 Å². The number of aromatic carboxylic acids is 1. The number of rotatable bonds is 5. The molecule has 0 atom stereocenters. The SMILES string of the molecule is CC(C)n1nc(C(=O)O)cc1COc1cccc(Cl)c1. The number of ether oxygens (including phenoxy) is 1. The first-order valence-corrected chi connectivity index (χ1v) is 6.55. The number of carbonyl (C=O) groups is 1. The Bertz CT molecular complexity index is 623. The molecule has 1 aromatic heterocycles. The monoisotopic (exact) mass is 294 g/mol. The van der Waals surface area contributed by atoms with Gasteiger partial charge in [-0.25, -0.2) is 4.79 Å². The molecule has 0 aliphatic rings. The first kappa shape index (κ1) is 14.4. The van der Waals surface area contributed by atoms with Gasteiger partial charge in [0, 0.05) is 11.1 Å². The molecule has 106 valence electrons. The van der Waals surface area contributed by atoms with Gasteiger partial charge in [0.25, 0.3) is 0 Å². The zero-order valence-corrected chi connectivity index (χ0v) is 12.0. The first-order chi connectivity index (χ1) is 9.47. The summed E-state index contributed by atoms with van der Waals surface area (Å²) in [7, 11) is 0. The van der Waals surface area contributed by atoms with Gasteiger partial charge in [-0.15, -0.1) is 0 Å². The highest BCUT2D eigenvalue weighted by Crippen LogP contribution is 2.19. The van der Waals surface area contributed by atoms with E-state index < -0.39 is 5.97 Å². The highest BCUT2D eigenvalue weighted by Gasteiger charge is 2.15. The number of carboxylic acids is 1. The summed E-state index contributed by atoms with van der Waals surface area (Å²) in [5.41, 5.74) is 0.723. The van der Waals surface area contributed by atoms with Crippen LogP contribution < -0.4 is 4.74 Å². The fraction of sp³-hybridized carbons (Fsp3) is 0.286. The molecule has 20 heavy (non-hydrogen) atoms. The normalized spacial score (nSPS) is 10.8. The lowest BCUT2D eigenvalue weighted by molar-refractivity contribution is 0.0689. The number of carboxylic acid groups (broad SMARTS) is 1. The summed E-state index contributed by atoms with van der Waals surface area (Å²) in [6.45, 7) is 4.10. The Morgan fingerprint density at radius 1 is 1.45 bits per heavy atom. The van der Waals surface area contributed by atoms with Gasteiger partial charge in [0.2, 0.25) is 0 Å². The average Bonchev–Trinajstić information content (AvgIpc) is 2.81. The van der Waals surface area contributed by atoms with E-state index in [1.807, 2.05) is 13.8 Å². The zero-order chi connectivity index (χ0) is 14.7. The molecule has 0 aliphatic carbocycles. The van der Waals surface area contributed by atoms with E-state index in [0.717, 1.165) is 0 Å². The minimum absolute atomic E-state index is 0.0170. The van der Waals surface area contributed by atoms with Crippen LogP contribution in [0.4, 0.5) is 0 Å². The Balaban J connectivity index is 2.18. The third-order valence-electron chi connectivity index (χ3n) is 2.70. The van der Waals surface area contributed by atoms with Crippen molar-refractivity contribution in [1.29, 1.82) is 0 Å². The molecule has 1 N–H and O–H groups in total. The molecule has 0 aliphatic heterocycles. The second-order valence-electron chi connectivity index (χ2n) is 4.61. The lowest BCUT2D eigenvalue weighted by Gasteiger charge is -2.11. The van der Waals surface area contributed by atoms with Crippen molar-refractivity contribution >= 4 is 17.6 Å². The lowest BCUT2D eigenvalue weighted by atomic mass is 10.3. The number of hydrogen-bond acceptors (Lipinski definition) is 3. The van der Waals surface area contributed by atoms with E-state index in [1.165, 1.54) is 6.07 Å². The van der Waals surface area contributed by atoms with Crippen LogP contribution in [0.15, 0.2) is 30.3 Å². The van der Waals surface area contributed by atoms with Crippen LogP contribution in [0.25, 0.3) is 0 Å². The molecule has 0 unspecified atom stereocenters. The van der Waals surface area contributed by atoms with Gasteiger partial charge in [-0.05, 0) is 38.1 Å². The second-order valence-corrected chi connectivity index (χ2v) is 5.05. The van der Waals surface area contributed by atoms with Crippen molar-refractivity contribution in [3.63, 3.8) is 0 Å². The summed E-state index contributed by atoms with van der Waals surface area (Å²) in [5.74, 6) is -0.417. The molecule has 0 amide bonds. The van der Waals surface area contributed by atoms with Crippen LogP contribution in [-0.2, 0) is 6.61 Å². The molecule has 0 radical (unpaired) electrons. The molecule has 2 aromatic rings. The average molecular weight is 295 g/mol. The number of nitrogens with zero attached hydrogens (tertiary/aromatic N) is 2. The van der Waals surface area contributed by atoms with Gasteiger partial charge < -0.3 is 9.84 Å². The maximum Gasteiger partial charge on any atom is 0.356 e. The van der Waals surface area contributed by atoms with Crippen LogP contribution in [0, 0.1) is 0 Å². The van der Waals surface area contributed by atoms with E-state index in [0.29, 0.717) is 16.5 Å². The van der Waals surface area contributed by atoms with Crippen molar-refractivity contribution in [3.05, 3.63) is 46.7 Å². The van der Waals surface area contributed by atoms with Gasteiger partial charge in [0.05, 0.1) is 5.69 Å². The third kappa shape index (κ3) is 3.30. The summed E-state index contributed by atoms with van der Waals surface area (Å²) in [6, 6.07) is 8.62. The molecule has 1 aromatic carbocycles. The Labute approximate surface area is 121 Å². The van der Waals surface area contributed by atoms with E-state index in [9.17, 15) is 4.79 Å². The predicted molar refractivity (Wildman–Crippen MR) is 75.4 cm³/mol. The largest absolute Gasteiger partial charge is 0.487 e. The third-order valence-corrected chi connectivity index (χ3v) is 2.94. The molecule has 5 nitrogen and oxygen atoms in total. The molecule has 0 saturated carbocycles. The molecular weight excluding hydrogens is 280 g/mol. The van der Waals surface area contributed by atoms with Crippen LogP contribution in [0.2, 0.25) is 5.02 Å². The van der Waals surface area contributed by atoms with Crippen molar-refractivity contribution < 1.29 is 14.6 Å². The molecule has 6 heteroatoms. The molecular formula is C14H15ClN2O3. The summed E-state index contributed by atoms with van der Waals surface area (Å²) < 4.78 is 7.27. The number of hydrogen-bond donors (Lipinski definition) is 1. The van der Waals surface area contributed by atoms with Crippen molar-refractivity contribution in [1.82, 2.24) is 9.78 Å². The maximum atomic E-state index is 11.0. The lowest BCUT2D eigenvalue weighted by Crippen LogP contribution is -2.10. The zero-order valence-electron chi connectivity index (χ0n) is 11.2. The summed E-state index contributed by atoms with van der Waals surface area (Å²) in [6.07, 6.45) is 0. The maximum absolute atomic E-state index is 11.0. The fourth-order valence-electron chi connectivity index (χ4n) is 1.81. The van der Waals surface area contributed by atoms with Crippen molar-refractivity contribution in [2.75, 3.05) is 0 Å². The number of halogens is 1. The van der Waals surface area contributed by atoms with Crippen molar-refractivity contribution in [2.45, 2.75) is 26.5 Å². The van der Waals surface area contributed by atoms with Gasteiger partial charge >= 0.3 is 5.97 Å². The van der Waals surface area contributed by atoms with E-state index in [-0.39, 0.29) is 18.3 Å². The summed E-state index contributed by atoms with van der Waals surface area (Å²) in [5, 5.41) is 13.6. The van der Waals surface area contributed by atoms with Crippen molar-refractivity contribution in [3.8, 4) is 5.75 Å². The van der Waals surface area contributed by atoms with Gasteiger partial charge in [-0.1, -0.05) is 17.7 Å². The minimum Gasteiger partial charge on any atom is -0.487 e. The molecule has 0 bridgehead atoms. The molecule has 0 spiro atoms.